The van der Waals surface area contributed by atoms with Gasteiger partial charge in [-0.3, -0.25) is 4.79 Å². The van der Waals surface area contributed by atoms with Crippen molar-refractivity contribution < 1.29 is 24.2 Å². The summed E-state index contributed by atoms with van der Waals surface area (Å²) in [5.41, 5.74) is 0.183. The highest BCUT2D eigenvalue weighted by Crippen LogP contribution is 2.29. The molecule has 1 aromatic carbocycles. The number of esters is 1. The predicted octanol–water partition coefficient (Wildman–Crippen LogP) is 1.62. The minimum absolute atomic E-state index is 0.0730. The second-order valence-corrected chi connectivity index (χ2v) is 6.80. The molecule has 0 bridgehead atoms. The molecule has 1 atom stereocenters. The molecule has 0 saturated carbocycles. The summed E-state index contributed by atoms with van der Waals surface area (Å²) in [5, 5.41) is 10.1. The highest BCUT2D eigenvalue weighted by atomic mass is 127. The van der Waals surface area contributed by atoms with Gasteiger partial charge in [0.2, 0.25) is 0 Å². The van der Waals surface area contributed by atoms with E-state index in [2.05, 4.69) is 22.6 Å². The third-order valence-corrected chi connectivity index (χ3v) is 4.57. The highest BCUT2D eigenvalue weighted by molar-refractivity contribution is 14.1. The maximum atomic E-state index is 12.7. The number of phenolic OH excluding ortho intramolecular Hbond substituents is 1. The van der Waals surface area contributed by atoms with Crippen molar-refractivity contribution in [2.24, 2.45) is 0 Å². The van der Waals surface area contributed by atoms with Crippen LogP contribution in [-0.4, -0.2) is 54.8 Å². The quantitative estimate of drug-likeness (QED) is 0.477. The SMILES string of the molecule is COC(=O)C1COCCN1C(=O)c1cc(I)cc(I)c1O. The molecule has 1 heterocycles. The van der Waals surface area contributed by atoms with Crippen LogP contribution in [0.25, 0.3) is 0 Å². The Morgan fingerprint density at radius 3 is 2.81 bits per heavy atom. The molecular weight excluding hydrogens is 504 g/mol. The maximum absolute atomic E-state index is 12.7. The standard InChI is InChI=1S/C13H13I2NO5/c1-20-13(19)10-6-21-3-2-16(10)12(18)8-4-7(14)5-9(15)11(8)17/h4-5,10,17H,2-3,6H2,1H3. The fraction of sp³-hybridized carbons (Fsp3) is 0.385. The molecule has 114 valence electrons. The molecule has 0 aromatic heterocycles. The first-order valence-corrected chi connectivity index (χ1v) is 8.26. The van der Waals surface area contributed by atoms with Gasteiger partial charge in [0, 0.05) is 10.1 Å². The summed E-state index contributed by atoms with van der Waals surface area (Å²) >= 11 is 4.04. The lowest BCUT2D eigenvalue weighted by molar-refractivity contribution is -0.151. The smallest absolute Gasteiger partial charge is 0.331 e. The Kier molecular flexibility index (Phi) is 5.66. The number of rotatable bonds is 2. The molecular formula is C13H13I2NO5. The van der Waals surface area contributed by atoms with Crippen LogP contribution in [-0.2, 0) is 14.3 Å². The number of hydrogen-bond acceptors (Lipinski definition) is 5. The molecule has 0 aliphatic carbocycles. The van der Waals surface area contributed by atoms with Crippen LogP contribution in [0.15, 0.2) is 12.1 Å². The number of morpholine rings is 1. The normalized spacial score (nSPS) is 18.4. The number of carbonyl (C=O) groups excluding carboxylic acids is 2. The first-order valence-electron chi connectivity index (χ1n) is 6.10. The van der Waals surface area contributed by atoms with Crippen LogP contribution in [0, 0.1) is 7.14 Å². The number of methoxy groups -OCH3 is 1. The molecule has 21 heavy (non-hydrogen) atoms. The van der Waals surface area contributed by atoms with Gasteiger partial charge in [-0.15, -0.1) is 0 Å². The Balaban J connectivity index is 2.35. The molecule has 2 rings (SSSR count). The van der Waals surface area contributed by atoms with Gasteiger partial charge in [-0.1, -0.05) is 0 Å². The van der Waals surface area contributed by atoms with Crippen molar-refractivity contribution in [3.63, 3.8) is 0 Å². The lowest BCUT2D eigenvalue weighted by Crippen LogP contribution is -2.53. The van der Waals surface area contributed by atoms with Crippen molar-refractivity contribution in [3.05, 3.63) is 24.8 Å². The van der Waals surface area contributed by atoms with Crippen LogP contribution in [0.3, 0.4) is 0 Å². The zero-order valence-electron chi connectivity index (χ0n) is 11.1. The Morgan fingerprint density at radius 2 is 2.14 bits per heavy atom. The molecule has 1 fully saturated rings. The minimum Gasteiger partial charge on any atom is -0.506 e. The van der Waals surface area contributed by atoms with Gasteiger partial charge in [-0.2, -0.15) is 0 Å². The fourth-order valence-corrected chi connectivity index (χ4v) is 3.91. The van der Waals surface area contributed by atoms with E-state index in [0.717, 1.165) is 3.57 Å². The highest BCUT2D eigenvalue weighted by Gasteiger charge is 2.35. The summed E-state index contributed by atoms with van der Waals surface area (Å²) in [6.07, 6.45) is 0. The summed E-state index contributed by atoms with van der Waals surface area (Å²) in [7, 11) is 1.27. The van der Waals surface area contributed by atoms with E-state index in [1.807, 2.05) is 22.6 Å². The molecule has 1 aliphatic rings. The van der Waals surface area contributed by atoms with E-state index < -0.39 is 17.9 Å². The van der Waals surface area contributed by atoms with Crippen molar-refractivity contribution >= 4 is 57.1 Å². The van der Waals surface area contributed by atoms with Crippen LogP contribution < -0.4 is 0 Å². The second kappa shape index (κ2) is 7.09. The molecule has 1 unspecified atom stereocenters. The van der Waals surface area contributed by atoms with Gasteiger partial charge in [0.15, 0.2) is 6.04 Å². The zero-order chi connectivity index (χ0) is 15.6. The average molecular weight is 517 g/mol. The van der Waals surface area contributed by atoms with E-state index in [4.69, 9.17) is 9.47 Å². The number of benzene rings is 1. The second-order valence-electron chi connectivity index (χ2n) is 4.40. The van der Waals surface area contributed by atoms with E-state index in [1.54, 1.807) is 12.1 Å². The van der Waals surface area contributed by atoms with Crippen molar-refractivity contribution in [2.75, 3.05) is 26.9 Å². The Labute approximate surface area is 149 Å². The number of halogens is 2. The minimum atomic E-state index is -0.786. The molecule has 0 radical (unpaired) electrons. The average Bonchev–Trinajstić information content (AvgIpc) is 2.49. The van der Waals surface area contributed by atoms with Gasteiger partial charge < -0.3 is 19.5 Å². The topological polar surface area (TPSA) is 76.1 Å². The van der Waals surface area contributed by atoms with Gasteiger partial charge in [-0.05, 0) is 57.3 Å². The summed E-state index contributed by atoms with van der Waals surface area (Å²) in [4.78, 5) is 25.8. The van der Waals surface area contributed by atoms with Crippen LogP contribution in [0.2, 0.25) is 0 Å². The van der Waals surface area contributed by atoms with Crippen molar-refractivity contribution in [2.45, 2.75) is 6.04 Å². The number of amides is 1. The Hall–Kier alpha value is -0.620. The van der Waals surface area contributed by atoms with Gasteiger partial charge >= 0.3 is 5.97 Å². The lowest BCUT2D eigenvalue weighted by Gasteiger charge is -2.33. The van der Waals surface area contributed by atoms with Crippen LogP contribution in [0.4, 0.5) is 0 Å². The summed E-state index contributed by atoms with van der Waals surface area (Å²) in [6, 6.07) is 2.58. The van der Waals surface area contributed by atoms with E-state index in [1.165, 1.54) is 12.0 Å². The molecule has 1 amide bonds. The monoisotopic (exact) mass is 517 g/mol. The number of nitrogens with zero attached hydrogens (tertiary/aromatic N) is 1. The molecule has 8 heteroatoms. The van der Waals surface area contributed by atoms with Crippen LogP contribution in [0.1, 0.15) is 10.4 Å². The summed E-state index contributed by atoms with van der Waals surface area (Å²) < 4.78 is 11.4. The Bertz CT molecular complexity index is 578. The molecule has 1 aromatic rings. The predicted molar refractivity (Wildman–Crippen MR) is 91.2 cm³/mol. The first-order chi connectivity index (χ1) is 9.95. The summed E-state index contributed by atoms with van der Waals surface area (Å²) in [5.74, 6) is -0.998. The van der Waals surface area contributed by atoms with E-state index in [-0.39, 0.29) is 24.5 Å². The number of phenols is 1. The van der Waals surface area contributed by atoms with Crippen LogP contribution in [0.5, 0.6) is 5.75 Å². The number of hydrogen-bond donors (Lipinski definition) is 1. The van der Waals surface area contributed by atoms with E-state index >= 15 is 0 Å². The molecule has 1 N–H and O–H groups in total. The molecule has 6 nitrogen and oxygen atoms in total. The first kappa shape index (κ1) is 16.7. The lowest BCUT2D eigenvalue weighted by atomic mass is 10.1. The summed E-state index contributed by atoms with van der Waals surface area (Å²) in [6.45, 7) is 0.724. The van der Waals surface area contributed by atoms with Gasteiger partial charge in [0.1, 0.15) is 5.75 Å². The zero-order valence-corrected chi connectivity index (χ0v) is 15.5. The maximum Gasteiger partial charge on any atom is 0.331 e. The van der Waals surface area contributed by atoms with Crippen molar-refractivity contribution in [1.82, 2.24) is 4.90 Å². The Morgan fingerprint density at radius 1 is 1.43 bits per heavy atom. The fourth-order valence-electron chi connectivity index (χ4n) is 2.06. The third kappa shape index (κ3) is 3.59. The number of carbonyl (C=O) groups is 2. The van der Waals surface area contributed by atoms with Gasteiger partial charge in [0.05, 0.1) is 29.5 Å². The molecule has 0 spiro atoms. The van der Waals surface area contributed by atoms with Crippen molar-refractivity contribution in [1.29, 1.82) is 0 Å². The number of ether oxygens (including phenoxy) is 2. The van der Waals surface area contributed by atoms with Crippen molar-refractivity contribution in [3.8, 4) is 5.75 Å². The third-order valence-electron chi connectivity index (χ3n) is 3.12. The van der Waals surface area contributed by atoms with Gasteiger partial charge in [-0.25, -0.2) is 4.79 Å². The molecule has 1 aliphatic heterocycles. The van der Waals surface area contributed by atoms with E-state index in [9.17, 15) is 14.7 Å². The van der Waals surface area contributed by atoms with Gasteiger partial charge in [0.25, 0.3) is 5.91 Å². The number of aromatic hydroxyl groups is 1. The molecule has 1 saturated heterocycles. The van der Waals surface area contributed by atoms with E-state index in [0.29, 0.717) is 10.2 Å². The largest absolute Gasteiger partial charge is 0.506 e. The van der Waals surface area contributed by atoms with Crippen LogP contribution >= 0.6 is 45.2 Å².